The molecular formula is C24H18N4O2S2. The van der Waals surface area contributed by atoms with Crippen molar-refractivity contribution in [3.63, 3.8) is 0 Å². The summed E-state index contributed by atoms with van der Waals surface area (Å²) >= 11 is 2.82. The van der Waals surface area contributed by atoms with E-state index < -0.39 is 5.91 Å². The van der Waals surface area contributed by atoms with Gasteiger partial charge in [-0.3, -0.25) is 10.2 Å². The number of amidine groups is 2. The predicted octanol–water partition coefficient (Wildman–Crippen LogP) is 5.60. The summed E-state index contributed by atoms with van der Waals surface area (Å²) in [5.74, 6) is 0.0282. The van der Waals surface area contributed by atoms with Crippen LogP contribution in [0.25, 0.3) is 6.08 Å². The van der Waals surface area contributed by atoms with Crippen LogP contribution in [0.15, 0.2) is 96.8 Å². The van der Waals surface area contributed by atoms with E-state index in [1.165, 1.54) is 34.1 Å². The first kappa shape index (κ1) is 20.5. The molecule has 32 heavy (non-hydrogen) atoms. The van der Waals surface area contributed by atoms with Gasteiger partial charge in [-0.2, -0.15) is 15.1 Å². The number of aryl methyl sites for hydroxylation is 1. The van der Waals surface area contributed by atoms with Crippen LogP contribution in [0.5, 0.6) is 0 Å². The van der Waals surface area contributed by atoms with Gasteiger partial charge in [-0.05, 0) is 54.6 Å². The summed E-state index contributed by atoms with van der Waals surface area (Å²) in [5.41, 5.74) is 2.46. The highest BCUT2D eigenvalue weighted by molar-refractivity contribution is 8.26. The molecule has 0 saturated heterocycles. The van der Waals surface area contributed by atoms with E-state index in [4.69, 9.17) is 9.83 Å². The largest absolute Gasteiger partial charge is 0.450 e. The molecule has 2 aliphatic heterocycles. The Kier molecular flexibility index (Phi) is 5.55. The summed E-state index contributed by atoms with van der Waals surface area (Å²) in [4.78, 5) is 17.8. The molecule has 2 aliphatic rings. The molecule has 0 saturated carbocycles. The molecule has 0 spiro atoms. The number of nitrogens with zero attached hydrogens (tertiary/aromatic N) is 3. The molecule has 3 heterocycles. The van der Waals surface area contributed by atoms with Gasteiger partial charge in [-0.25, -0.2) is 0 Å². The fourth-order valence-corrected chi connectivity index (χ4v) is 4.90. The van der Waals surface area contributed by atoms with Crippen LogP contribution in [-0.4, -0.2) is 27.0 Å². The normalized spacial score (nSPS) is 16.9. The highest BCUT2D eigenvalue weighted by Crippen LogP contribution is 2.32. The van der Waals surface area contributed by atoms with E-state index in [1.807, 2.05) is 67.6 Å². The monoisotopic (exact) mass is 458 g/mol. The zero-order valence-electron chi connectivity index (χ0n) is 17.1. The lowest BCUT2D eigenvalue weighted by molar-refractivity contribution is -0.114. The van der Waals surface area contributed by atoms with Crippen LogP contribution in [0, 0.1) is 12.3 Å². The number of benzene rings is 2. The Morgan fingerprint density at radius 2 is 1.88 bits per heavy atom. The van der Waals surface area contributed by atoms with Gasteiger partial charge < -0.3 is 4.42 Å². The Bertz CT molecular complexity index is 1290. The lowest BCUT2D eigenvalue weighted by atomic mass is 10.1. The molecular weight excluding hydrogens is 440 g/mol. The molecule has 8 heteroatoms. The molecule has 1 amide bonds. The molecule has 6 nitrogen and oxygen atoms in total. The minimum Gasteiger partial charge on any atom is -0.450 e. The standard InChI is InChI=1S/C24H18N4O2S2/c1-15-7-10-18(11-8-15)31-21-12-9-17(30-21)14-19-22(25)28-24(26-23(19)29)32-20(27-28)13-16-5-3-2-4-6-16/h2-12,14,25H,13H2,1H3/b19-14-,25-22?. The number of nitrogens with one attached hydrogen (secondary N) is 1. The van der Waals surface area contributed by atoms with Crippen LogP contribution >= 0.6 is 23.5 Å². The van der Waals surface area contributed by atoms with Crippen molar-refractivity contribution >= 4 is 51.6 Å². The number of hydrazone groups is 1. The summed E-state index contributed by atoms with van der Waals surface area (Å²) < 4.78 is 5.86. The van der Waals surface area contributed by atoms with Gasteiger partial charge in [0.25, 0.3) is 5.91 Å². The topological polar surface area (TPSA) is 82.0 Å². The number of thioether (sulfide) groups is 1. The first-order valence-electron chi connectivity index (χ1n) is 9.92. The van der Waals surface area contributed by atoms with Crippen LogP contribution in [0.4, 0.5) is 0 Å². The molecule has 1 aromatic heterocycles. The first-order chi connectivity index (χ1) is 15.5. The van der Waals surface area contributed by atoms with Crippen LogP contribution in [0.2, 0.25) is 0 Å². The van der Waals surface area contributed by atoms with E-state index in [1.54, 1.807) is 12.1 Å². The fraction of sp³-hybridized carbons (Fsp3) is 0.0833. The predicted molar refractivity (Wildman–Crippen MR) is 129 cm³/mol. The number of hydrogen-bond donors (Lipinski definition) is 1. The number of hydrogen-bond acceptors (Lipinski definition) is 6. The minimum absolute atomic E-state index is 0.000278. The van der Waals surface area contributed by atoms with Crippen molar-refractivity contribution in [2.45, 2.75) is 23.3 Å². The van der Waals surface area contributed by atoms with Crippen molar-refractivity contribution in [3.05, 3.63) is 89.2 Å². The van der Waals surface area contributed by atoms with Crippen LogP contribution in [-0.2, 0) is 11.2 Å². The number of amides is 1. The Balaban J connectivity index is 1.34. The SMILES string of the molecule is Cc1ccc(Sc2ccc(/C=C3/C(=N)N4N=C(Cc5ccccc5)SC4=NC3=O)o2)cc1. The number of rotatable bonds is 5. The number of aliphatic imine (C=N–C) groups is 1. The molecule has 0 unspecified atom stereocenters. The quantitative estimate of drug-likeness (QED) is 0.503. The zero-order valence-corrected chi connectivity index (χ0v) is 18.7. The summed E-state index contributed by atoms with van der Waals surface area (Å²) in [6.07, 6.45) is 2.18. The highest BCUT2D eigenvalue weighted by atomic mass is 32.2. The molecule has 158 valence electrons. The van der Waals surface area contributed by atoms with Crippen molar-refractivity contribution in [2.75, 3.05) is 0 Å². The van der Waals surface area contributed by atoms with E-state index in [-0.39, 0.29) is 11.4 Å². The van der Waals surface area contributed by atoms with Gasteiger partial charge in [-0.15, -0.1) is 0 Å². The molecule has 0 radical (unpaired) electrons. The molecule has 0 fully saturated rings. The second-order valence-electron chi connectivity index (χ2n) is 7.25. The third-order valence-electron chi connectivity index (χ3n) is 4.82. The molecule has 2 aromatic carbocycles. The molecule has 0 bridgehead atoms. The van der Waals surface area contributed by atoms with Crippen molar-refractivity contribution in [3.8, 4) is 0 Å². The van der Waals surface area contributed by atoms with Crippen molar-refractivity contribution in [1.29, 1.82) is 5.41 Å². The third kappa shape index (κ3) is 4.32. The molecule has 3 aromatic rings. The Morgan fingerprint density at radius 3 is 2.66 bits per heavy atom. The van der Waals surface area contributed by atoms with Crippen LogP contribution in [0.3, 0.4) is 0 Å². The van der Waals surface area contributed by atoms with Crippen LogP contribution in [0.1, 0.15) is 16.9 Å². The van der Waals surface area contributed by atoms with Crippen molar-refractivity contribution < 1.29 is 9.21 Å². The van der Waals surface area contributed by atoms with E-state index in [0.29, 0.717) is 22.4 Å². The van der Waals surface area contributed by atoms with Gasteiger partial charge in [-0.1, -0.05) is 59.8 Å². The molecule has 1 N–H and O–H groups in total. The molecule has 5 rings (SSSR count). The number of carbonyl (C=O) groups is 1. The van der Waals surface area contributed by atoms with E-state index in [9.17, 15) is 4.79 Å². The maximum atomic E-state index is 12.6. The van der Waals surface area contributed by atoms with Gasteiger partial charge in [0.1, 0.15) is 10.8 Å². The third-order valence-corrected chi connectivity index (χ3v) is 6.66. The second-order valence-corrected chi connectivity index (χ2v) is 9.37. The Labute approximate surface area is 193 Å². The van der Waals surface area contributed by atoms with Gasteiger partial charge >= 0.3 is 0 Å². The Morgan fingerprint density at radius 1 is 1.09 bits per heavy atom. The van der Waals surface area contributed by atoms with Crippen LogP contribution < -0.4 is 0 Å². The summed E-state index contributed by atoms with van der Waals surface area (Å²) in [6, 6.07) is 21.8. The van der Waals surface area contributed by atoms with E-state index in [2.05, 4.69) is 10.1 Å². The van der Waals surface area contributed by atoms with Gasteiger partial charge in [0.05, 0.1) is 5.57 Å². The number of fused-ring (bicyclic) bond motifs is 1. The lowest BCUT2D eigenvalue weighted by Crippen LogP contribution is -2.35. The van der Waals surface area contributed by atoms with Gasteiger partial charge in [0.2, 0.25) is 5.17 Å². The summed E-state index contributed by atoms with van der Waals surface area (Å²) in [6.45, 7) is 2.04. The second kappa shape index (κ2) is 8.64. The first-order valence-corrected chi connectivity index (χ1v) is 11.6. The van der Waals surface area contributed by atoms with E-state index in [0.717, 1.165) is 15.5 Å². The number of furan rings is 1. The molecule has 0 atom stereocenters. The molecule has 0 aliphatic carbocycles. The van der Waals surface area contributed by atoms with Gasteiger partial charge in [0.15, 0.2) is 10.9 Å². The highest BCUT2D eigenvalue weighted by Gasteiger charge is 2.35. The smallest absolute Gasteiger partial charge is 0.283 e. The van der Waals surface area contributed by atoms with E-state index >= 15 is 0 Å². The average molecular weight is 459 g/mol. The number of carbonyl (C=O) groups excluding carboxylic acids is 1. The summed E-state index contributed by atoms with van der Waals surface area (Å²) in [7, 11) is 0. The average Bonchev–Trinajstić information content (AvgIpc) is 3.40. The maximum Gasteiger partial charge on any atom is 0.283 e. The van der Waals surface area contributed by atoms with Gasteiger partial charge in [0, 0.05) is 11.3 Å². The lowest BCUT2D eigenvalue weighted by Gasteiger charge is -2.19. The zero-order chi connectivity index (χ0) is 22.1. The maximum absolute atomic E-state index is 12.6. The van der Waals surface area contributed by atoms with Crippen molar-refractivity contribution in [1.82, 2.24) is 5.01 Å². The minimum atomic E-state index is -0.464. The van der Waals surface area contributed by atoms with Crippen molar-refractivity contribution in [2.24, 2.45) is 10.1 Å². The fourth-order valence-electron chi connectivity index (χ4n) is 3.21. The summed E-state index contributed by atoms with van der Waals surface area (Å²) in [5, 5.41) is 16.4. The Hall–Kier alpha value is -3.36.